The number of carbonyl (C=O) groups excluding carboxylic acids is 5. The number of amides is 5. The van der Waals surface area contributed by atoms with Gasteiger partial charge in [-0.2, -0.15) is 0 Å². The minimum atomic E-state index is -3.45. The molecule has 0 aromatic rings. The number of nitrogens with one attached hydrogen (secondary N) is 4. The number of fused-ring (bicyclic) bond motifs is 1. The Kier molecular flexibility index (Phi) is 14.6. The monoisotopic (exact) mass is 844 g/mol. The zero-order valence-electron chi connectivity index (χ0n) is 31.4. The van der Waals surface area contributed by atoms with Crippen molar-refractivity contribution in [3.05, 3.63) is 12.7 Å². The summed E-state index contributed by atoms with van der Waals surface area (Å²) in [5.41, 5.74) is -1.16. The normalized spacial score (nSPS) is 23.3. The quantitative estimate of drug-likeness (QED) is 0.0397. The van der Waals surface area contributed by atoms with Gasteiger partial charge in [-0.1, -0.05) is 0 Å². The number of rotatable bonds is 17. The number of carbonyl (C=O) groups is 5. The van der Waals surface area contributed by atoms with Crippen LogP contribution in [0.5, 0.6) is 0 Å². The SMILES string of the molecule is C#CCCC(NC(=O)C1C2C(CN1C(=O)C(NC(=O)NC1(CS(=O)(=O)CCC(C)C)CCCCC1)[I-]C(C)(C)C)C2(C)C)C(=O)C(=O)NCC=C. The van der Waals surface area contributed by atoms with Gasteiger partial charge in [-0.3, -0.25) is 0 Å². The fourth-order valence-corrected chi connectivity index (χ4v) is 12.5. The zero-order valence-corrected chi connectivity index (χ0v) is 34.4. The van der Waals surface area contributed by atoms with Gasteiger partial charge < -0.3 is 0 Å². The van der Waals surface area contributed by atoms with Crippen LogP contribution in [0.1, 0.15) is 99.8 Å². The van der Waals surface area contributed by atoms with Crippen LogP contribution >= 0.6 is 0 Å². The third-order valence-electron chi connectivity index (χ3n) is 10.2. The van der Waals surface area contributed by atoms with Crippen LogP contribution in [0.15, 0.2) is 12.7 Å². The molecule has 0 spiro atoms. The molecule has 3 fully saturated rings. The van der Waals surface area contributed by atoms with Crippen LogP contribution in [0.4, 0.5) is 4.79 Å². The number of nitrogens with zero attached hydrogens (tertiary/aromatic N) is 1. The second-order valence-electron chi connectivity index (χ2n) is 16.3. The van der Waals surface area contributed by atoms with Gasteiger partial charge in [-0.25, -0.2) is 0 Å². The van der Waals surface area contributed by atoms with E-state index in [1.54, 1.807) is 0 Å². The molecule has 0 aromatic heterocycles. The van der Waals surface area contributed by atoms with Crippen molar-refractivity contribution < 1.29 is 53.6 Å². The number of halogens is 1. The average Bonchev–Trinajstić information content (AvgIpc) is 3.33. The fraction of sp³-hybridized carbons (Fsp3) is 0.757. The number of terminal acetylenes is 1. The number of likely N-dealkylation sites (tertiary alicyclic amines) is 1. The summed E-state index contributed by atoms with van der Waals surface area (Å²) in [7, 11) is -3.45. The summed E-state index contributed by atoms with van der Waals surface area (Å²) in [6, 6.07) is -2.68. The van der Waals surface area contributed by atoms with E-state index in [4.69, 9.17) is 6.42 Å². The first-order chi connectivity index (χ1) is 23.7. The van der Waals surface area contributed by atoms with Crippen molar-refractivity contribution in [3.63, 3.8) is 0 Å². The maximum absolute atomic E-state index is 14.5. The summed E-state index contributed by atoms with van der Waals surface area (Å²) in [4.78, 5) is 69.5. The number of alkyl halides is 2. The summed E-state index contributed by atoms with van der Waals surface area (Å²) in [5, 5.41) is 11.2. The molecule has 14 heteroatoms. The van der Waals surface area contributed by atoms with Crippen molar-refractivity contribution in [1.29, 1.82) is 0 Å². The number of hydrogen-bond acceptors (Lipinski definition) is 7. The van der Waals surface area contributed by atoms with Crippen LogP contribution in [0.2, 0.25) is 0 Å². The van der Waals surface area contributed by atoms with E-state index < -0.39 is 76.3 Å². The molecule has 5 amide bonds. The van der Waals surface area contributed by atoms with Gasteiger partial charge in [0.1, 0.15) is 0 Å². The van der Waals surface area contributed by atoms with Crippen LogP contribution in [0.25, 0.3) is 0 Å². The van der Waals surface area contributed by atoms with Gasteiger partial charge in [0.15, 0.2) is 0 Å². The summed E-state index contributed by atoms with van der Waals surface area (Å²) >= 11 is -1.02. The Hall–Kier alpha value is -2.67. The Morgan fingerprint density at radius 1 is 1.06 bits per heavy atom. The molecule has 2 aliphatic carbocycles. The molecule has 1 saturated heterocycles. The van der Waals surface area contributed by atoms with Gasteiger partial charge in [0.05, 0.1) is 0 Å². The molecule has 5 unspecified atom stereocenters. The molecule has 288 valence electrons. The molecule has 1 heterocycles. The van der Waals surface area contributed by atoms with Crippen LogP contribution in [0, 0.1) is 35.5 Å². The first-order valence-electron chi connectivity index (χ1n) is 18.1. The number of piperidine rings is 1. The van der Waals surface area contributed by atoms with Gasteiger partial charge in [0.25, 0.3) is 0 Å². The van der Waals surface area contributed by atoms with Gasteiger partial charge in [0, 0.05) is 0 Å². The molecule has 2 saturated carbocycles. The molecule has 3 aliphatic rings. The molecule has 0 radical (unpaired) electrons. The predicted molar refractivity (Wildman–Crippen MR) is 194 cm³/mol. The minimum absolute atomic E-state index is 0.0387. The molecule has 5 atom stereocenters. The smallest absolute Gasteiger partial charge is 0.101 e. The molecule has 3 rings (SSSR count). The van der Waals surface area contributed by atoms with E-state index in [0.29, 0.717) is 25.8 Å². The first kappa shape index (κ1) is 42.7. The van der Waals surface area contributed by atoms with E-state index in [-0.39, 0.29) is 63.4 Å². The summed E-state index contributed by atoms with van der Waals surface area (Å²) < 4.78 is 25.2. The minimum Gasteiger partial charge on any atom is -0.101 e. The topological polar surface area (TPSA) is 171 Å². The molecule has 0 bridgehead atoms. The van der Waals surface area contributed by atoms with E-state index in [1.165, 1.54) is 11.0 Å². The Balaban J connectivity index is 1.86. The summed E-state index contributed by atoms with van der Waals surface area (Å²) in [6.07, 6.45) is 11.2. The van der Waals surface area contributed by atoms with E-state index in [0.717, 1.165) is 19.3 Å². The van der Waals surface area contributed by atoms with Crippen molar-refractivity contribution in [3.8, 4) is 12.3 Å². The second kappa shape index (κ2) is 17.4. The second-order valence-corrected chi connectivity index (χ2v) is 23.6. The van der Waals surface area contributed by atoms with E-state index in [2.05, 4.69) is 33.8 Å². The number of ketones is 1. The Morgan fingerprint density at radius 2 is 1.71 bits per heavy atom. The Labute approximate surface area is 315 Å². The average molecular weight is 845 g/mol. The molecule has 51 heavy (non-hydrogen) atoms. The predicted octanol–water partition coefficient (Wildman–Crippen LogP) is -0.0845. The molecule has 4 N–H and O–H groups in total. The zero-order chi connectivity index (χ0) is 38.4. The van der Waals surface area contributed by atoms with Crippen molar-refractivity contribution in [2.24, 2.45) is 23.2 Å². The number of urea groups is 1. The van der Waals surface area contributed by atoms with E-state index >= 15 is 0 Å². The van der Waals surface area contributed by atoms with Gasteiger partial charge in [-0.05, 0) is 0 Å². The Morgan fingerprint density at radius 3 is 2.27 bits per heavy atom. The molecular formula is C37H59IN5O7S-. The maximum atomic E-state index is 14.5. The van der Waals surface area contributed by atoms with Crippen LogP contribution < -0.4 is 42.5 Å². The van der Waals surface area contributed by atoms with E-state index in [1.807, 2.05) is 48.5 Å². The van der Waals surface area contributed by atoms with Crippen molar-refractivity contribution >= 4 is 39.4 Å². The third kappa shape index (κ3) is 11.7. The number of Topliss-reactive ketones (excluding diaryl/α,β-unsaturated/α-hetero) is 1. The number of hydrogen-bond donors (Lipinski definition) is 4. The van der Waals surface area contributed by atoms with E-state index in [9.17, 15) is 32.4 Å². The van der Waals surface area contributed by atoms with Gasteiger partial charge in [0.2, 0.25) is 0 Å². The standard InChI is InChI=1S/C37H59IN5O7S/c1-10-12-16-26(29(44)32(46)39-20-11-2)40-31(45)28-27-25(36(27,8)9)22-43(28)33(47)30(38-35(5,6)7)41-34(48)42-37(18-14-13-15-19-37)23-51(49,50)21-17-24(3)4/h1,11,24-28,30H,2,12-23H2,3-9H3,(H,39,46)(H,40,45)(H2,41,42,48)/q-1. The summed E-state index contributed by atoms with van der Waals surface area (Å²) in [6.45, 7) is 18.0. The molecular weight excluding hydrogens is 785 g/mol. The third-order valence-corrected chi connectivity index (χ3v) is 15.4. The summed E-state index contributed by atoms with van der Waals surface area (Å²) in [5.74, 6) is -0.171. The Bertz CT molecular complexity index is 1480. The first-order valence-corrected chi connectivity index (χ1v) is 22.2. The fourth-order valence-electron chi connectivity index (χ4n) is 7.42. The van der Waals surface area contributed by atoms with Crippen LogP contribution in [0.3, 0.4) is 0 Å². The molecule has 0 aromatic carbocycles. The van der Waals surface area contributed by atoms with Gasteiger partial charge >= 0.3 is 310 Å². The molecule has 12 nitrogen and oxygen atoms in total. The van der Waals surface area contributed by atoms with Crippen molar-refractivity contribution in [2.75, 3.05) is 24.6 Å². The van der Waals surface area contributed by atoms with Crippen molar-refractivity contribution in [2.45, 2.75) is 125 Å². The van der Waals surface area contributed by atoms with Crippen molar-refractivity contribution in [1.82, 2.24) is 26.2 Å². The van der Waals surface area contributed by atoms with Crippen LogP contribution in [-0.4, -0.2) is 92.5 Å². The van der Waals surface area contributed by atoms with Gasteiger partial charge in [-0.15, -0.1) is 6.58 Å². The molecule has 1 aliphatic heterocycles. The number of sulfone groups is 1. The van der Waals surface area contributed by atoms with Crippen LogP contribution in [-0.2, 0) is 29.0 Å².